The summed E-state index contributed by atoms with van der Waals surface area (Å²) in [6.45, 7) is 3.76. The van der Waals surface area contributed by atoms with Crippen molar-refractivity contribution in [3.8, 4) is 0 Å². The van der Waals surface area contributed by atoms with Crippen LogP contribution in [0.3, 0.4) is 0 Å². The van der Waals surface area contributed by atoms with E-state index in [9.17, 15) is 37.9 Å². The minimum atomic E-state index is -4.60. The highest BCUT2D eigenvalue weighted by Gasteiger charge is 2.46. The Morgan fingerprint density at radius 2 is 0.922 bits per heavy atom. The van der Waals surface area contributed by atoms with Crippen LogP contribution < -0.4 is 0 Å². The average Bonchev–Trinajstić information content (AvgIpc) is 3.26. The number of ether oxygens (including phenoxy) is 4. The first-order valence-electron chi connectivity index (χ1n) is 25.9. The summed E-state index contributed by atoms with van der Waals surface area (Å²) >= 11 is 0. The Morgan fingerprint density at radius 3 is 1.36 bits per heavy atom. The van der Waals surface area contributed by atoms with E-state index in [1.54, 1.807) is 0 Å². The fourth-order valence-electron chi connectivity index (χ4n) is 8.02. The molecule has 0 amide bonds. The Morgan fingerprint density at radius 1 is 0.531 bits per heavy atom. The molecule has 1 aliphatic heterocycles. The molecule has 12 nitrogen and oxygen atoms in total. The Bertz CT molecular complexity index is 1270. The van der Waals surface area contributed by atoms with E-state index >= 15 is 0 Å². The number of esters is 2. The average molecular weight is 931 g/mol. The lowest BCUT2D eigenvalue weighted by molar-refractivity contribution is -0.297. The van der Waals surface area contributed by atoms with Gasteiger partial charge in [0.2, 0.25) is 0 Å². The molecule has 0 spiro atoms. The zero-order valence-electron chi connectivity index (χ0n) is 40.4. The molecule has 0 radical (unpaired) electrons. The number of carbonyl (C=O) groups excluding carboxylic acids is 2. The molecule has 6 atom stereocenters. The van der Waals surface area contributed by atoms with E-state index in [0.29, 0.717) is 12.8 Å². The maximum atomic E-state index is 12.8. The number of carbonyl (C=O) groups is 2. The minimum absolute atomic E-state index is 0.150. The van der Waals surface area contributed by atoms with Crippen molar-refractivity contribution in [1.82, 2.24) is 0 Å². The Kier molecular flexibility index (Phi) is 38.8. The largest absolute Gasteiger partial charge is 0.462 e. The molecule has 0 aromatic heterocycles. The molecule has 2 unspecified atom stereocenters. The molecule has 376 valence electrons. The Balaban J connectivity index is 2.35. The smallest absolute Gasteiger partial charge is 0.306 e. The van der Waals surface area contributed by atoms with Crippen molar-refractivity contribution in [2.45, 2.75) is 269 Å². The van der Waals surface area contributed by atoms with Crippen molar-refractivity contribution in [2.24, 2.45) is 0 Å². The second-order valence-electron chi connectivity index (χ2n) is 18.2. The van der Waals surface area contributed by atoms with Gasteiger partial charge in [-0.15, -0.1) is 0 Å². The quantitative estimate of drug-likeness (QED) is 0.0196. The summed E-state index contributed by atoms with van der Waals surface area (Å²) in [5, 5.41) is 31.0. The van der Waals surface area contributed by atoms with Crippen LogP contribution in [-0.2, 0) is 38.7 Å². The van der Waals surface area contributed by atoms with E-state index in [-0.39, 0.29) is 19.4 Å². The summed E-state index contributed by atoms with van der Waals surface area (Å²) in [5.41, 5.74) is 0. The fourth-order valence-corrected chi connectivity index (χ4v) is 8.71. The lowest BCUT2D eigenvalue weighted by Crippen LogP contribution is -2.60. The van der Waals surface area contributed by atoms with Crippen LogP contribution in [0.2, 0.25) is 0 Å². The molecule has 64 heavy (non-hydrogen) atoms. The van der Waals surface area contributed by atoms with Crippen molar-refractivity contribution >= 4 is 22.1 Å². The molecule has 0 aromatic carbocycles. The first-order valence-corrected chi connectivity index (χ1v) is 27.5. The Labute approximate surface area is 389 Å². The van der Waals surface area contributed by atoms with Gasteiger partial charge in [-0.3, -0.25) is 14.1 Å². The molecule has 0 aliphatic carbocycles. The van der Waals surface area contributed by atoms with Crippen molar-refractivity contribution in [2.75, 3.05) is 19.0 Å². The van der Waals surface area contributed by atoms with E-state index < -0.39 is 71.2 Å². The van der Waals surface area contributed by atoms with Gasteiger partial charge < -0.3 is 34.3 Å². The number of allylic oxidation sites excluding steroid dienone is 4. The number of aliphatic hydroxyl groups excluding tert-OH is 3. The van der Waals surface area contributed by atoms with Crippen LogP contribution in [0.1, 0.15) is 232 Å². The first-order chi connectivity index (χ1) is 31.0. The van der Waals surface area contributed by atoms with Gasteiger partial charge in [0.15, 0.2) is 12.4 Å². The molecule has 1 fully saturated rings. The predicted octanol–water partition coefficient (Wildman–Crippen LogP) is 11.6. The standard InChI is InChI=1S/C51H94O12S/c1-3-5-7-9-11-13-15-17-19-20-21-22-23-24-26-27-29-31-33-35-37-39-46(52)60-41-44(42-61-51-50(56)49(55)48(54)45(63-51)43-64(57,58)59)62-47(53)40-38-36-34-32-30-28-25-18-16-14-12-10-8-6-4-2/h14,16,18,25,44-45,48-51,54-56H,3-13,15,17,19-24,26-43H2,1-2H3,(H,57,58,59)/b16-14+,25-18+/t44-,45-,48-,49?,50?,51+/m1/s1. The van der Waals surface area contributed by atoms with E-state index in [2.05, 4.69) is 38.2 Å². The highest BCUT2D eigenvalue weighted by Crippen LogP contribution is 2.24. The van der Waals surface area contributed by atoms with Gasteiger partial charge >= 0.3 is 11.9 Å². The summed E-state index contributed by atoms with van der Waals surface area (Å²) in [4.78, 5) is 25.5. The molecule has 1 saturated heterocycles. The second-order valence-corrected chi connectivity index (χ2v) is 19.7. The monoisotopic (exact) mass is 931 g/mol. The van der Waals surface area contributed by atoms with Crippen LogP contribution in [-0.4, -0.2) is 96.0 Å². The molecule has 1 aliphatic rings. The van der Waals surface area contributed by atoms with Crippen LogP contribution in [0, 0.1) is 0 Å². The molecule has 0 bridgehead atoms. The van der Waals surface area contributed by atoms with Crippen LogP contribution >= 0.6 is 0 Å². The molecule has 4 N–H and O–H groups in total. The summed E-state index contributed by atoms with van der Waals surface area (Å²) in [6, 6.07) is 0. The maximum absolute atomic E-state index is 12.8. The highest BCUT2D eigenvalue weighted by atomic mass is 32.2. The lowest BCUT2D eigenvalue weighted by atomic mass is 10.00. The zero-order valence-corrected chi connectivity index (χ0v) is 41.2. The molecule has 0 saturated carbocycles. The molecule has 0 aromatic rings. The van der Waals surface area contributed by atoms with Gasteiger partial charge in [0.1, 0.15) is 36.8 Å². The van der Waals surface area contributed by atoms with Gasteiger partial charge in [-0.25, -0.2) is 0 Å². The van der Waals surface area contributed by atoms with Gasteiger partial charge in [-0.05, 0) is 38.5 Å². The fraction of sp³-hybridized carbons (Fsp3) is 0.882. The number of aliphatic hydroxyl groups is 3. The van der Waals surface area contributed by atoms with Gasteiger partial charge in [-0.2, -0.15) is 8.42 Å². The minimum Gasteiger partial charge on any atom is -0.462 e. The Hall–Kier alpha value is -1.87. The van der Waals surface area contributed by atoms with E-state index in [4.69, 9.17) is 18.9 Å². The van der Waals surface area contributed by atoms with Crippen molar-refractivity contribution in [3.63, 3.8) is 0 Å². The second kappa shape index (κ2) is 41.3. The van der Waals surface area contributed by atoms with Gasteiger partial charge in [0, 0.05) is 12.8 Å². The summed E-state index contributed by atoms with van der Waals surface area (Å²) in [7, 11) is -4.60. The number of rotatable bonds is 44. The molecule has 1 heterocycles. The number of hydrogen-bond acceptors (Lipinski definition) is 11. The van der Waals surface area contributed by atoms with Gasteiger partial charge in [0.05, 0.1) is 6.61 Å². The number of hydrogen-bond donors (Lipinski definition) is 4. The van der Waals surface area contributed by atoms with E-state index in [1.807, 2.05) is 0 Å². The van der Waals surface area contributed by atoms with Crippen LogP contribution in [0.25, 0.3) is 0 Å². The van der Waals surface area contributed by atoms with E-state index in [1.165, 1.54) is 135 Å². The number of unbranched alkanes of at least 4 members (excludes halogenated alkanes) is 29. The van der Waals surface area contributed by atoms with Crippen LogP contribution in [0.4, 0.5) is 0 Å². The molecule has 1 rings (SSSR count). The summed E-state index contributed by atoms with van der Waals surface area (Å²) < 4.78 is 54.2. The maximum Gasteiger partial charge on any atom is 0.306 e. The summed E-state index contributed by atoms with van der Waals surface area (Å²) in [6.07, 6.45) is 37.9. The zero-order chi connectivity index (χ0) is 46.9. The van der Waals surface area contributed by atoms with Crippen LogP contribution in [0.5, 0.6) is 0 Å². The van der Waals surface area contributed by atoms with Gasteiger partial charge in [-0.1, -0.05) is 205 Å². The van der Waals surface area contributed by atoms with E-state index in [0.717, 1.165) is 57.8 Å². The molecular formula is C51H94O12S. The first kappa shape index (κ1) is 60.1. The van der Waals surface area contributed by atoms with Crippen LogP contribution in [0.15, 0.2) is 24.3 Å². The molecular weight excluding hydrogens is 837 g/mol. The molecule has 13 heteroatoms. The van der Waals surface area contributed by atoms with Crippen molar-refractivity contribution < 1.29 is 56.8 Å². The highest BCUT2D eigenvalue weighted by molar-refractivity contribution is 7.85. The topological polar surface area (TPSA) is 186 Å². The predicted molar refractivity (Wildman–Crippen MR) is 256 cm³/mol. The third-order valence-corrected chi connectivity index (χ3v) is 12.8. The third-order valence-electron chi connectivity index (χ3n) is 12.1. The van der Waals surface area contributed by atoms with Gasteiger partial charge in [0.25, 0.3) is 10.1 Å². The van der Waals surface area contributed by atoms with Crippen molar-refractivity contribution in [1.29, 1.82) is 0 Å². The third kappa shape index (κ3) is 35.3. The van der Waals surface area contributed by atoms with Crippen molar-refractivity contribution in [3.05, 3.63) is 24.3 Å². The normalized spacial score (nSPS) is 19.8. The summed E-state index contributed by atoms with van der Waals surface area (Å²) in [5.74, 6) is -1.99. The lowest BCUT2D eigenvalue weighted by Gasteiger charge is -2.40. The SMILES string of the molecule is CCCCCC/C=C/C=C/CCCCCCCC(=O)O[C@H](COC(=O)CCCCCCCCCCCCCCCCCCCCCCC)CO[C@H]1O[C@H](CS(=O)(=O)O)[C@@H](O)C(O)C1O.